The molecule has 2 aliphatic carbocycles. The van der Waals surface area contributed by atoms with Crippen molar-refractivity contribution in [3.05, 3.63) is 283 Å². The number of hydrogen-bond acceptors (Lipinski definition) is 3. The molecule has 0 saturated carbocycles. The summed E-state index contributed by atoms with van der Waals surface area (Å²) in [6, 6.07) is 94.5. The van der Waals surface area contributed by atoms with Gasteiger partial charge in [0, 0.05) is 49.6 Å². The summed E-state index contributed by atoms with van der Waals surface area (Å²) in [5, 5.41) is 4.74. The van der Waals surface area contributed by atoms with Crippen molar-refractivity contribution in [2.75, 3.05) is 0 Å². The zero-order valence-corrected chi connectivity index (χ0v) is 40.6. The highest BCUT2D eigenvalue weighted by atomic mass is 15.0. The summed E-state index contributed by atoms with van der Waals surface area (Å²) in [5.74, 6) is 1.84. The van der Waals surface area contributed by atoms with Crippen LogP contribution in [0.5, 0.6) is 0 Å². The molecule has 16 rings (SSSR count). The third-order valence-electron chi connectivity index (χ3n) is 16.0. The monoisotopic (exact) mass is 953 g/mol. The van der Waals surface area contributed by atoms with Crippen LogP contribution in [0.15, 0.2) is 261 Å². The van der Waals surface area contributed by atoms with Crippen LogP contribution >= 0.6 is 0 Å². The fourth-order valence-electron chi connectivity index (χ4n) is 12.9. The lowest BCUT2D eigenvalue weighted by molar-refractivity contribution is 0.794. The van der Waals surface area contributed by atoms with Crippen molar-refractivity contribution < 1.29 is 0 Å². The minimum atomic E-state index is -0.507. The second kappa shape index (κ2) is 16.0. The van der Waals surface area contributed by atoms with E-state index in [0.717, 1.165) is 55.7 Å². The molecule has 0 radical (unpaired) electrons. The number of aromatic nitrogens is 5. The second-order valence-corrected chi connectivity index (χ2v) is 19.8. The molecule has 0 amide bonds. The molecule has 11 aromatic carbocycles. The SMILES string of the molecule is c1ccc(-c2nc(-c3ccc4c(c3)C3(c5ccccc5-c5ccccc53)c3ccccc3-4)nc(-c3cc(-c4ccc5c(c4)c4ccccc4n5-c4ccccc4)c4c5ccccc5n(-c5ccccc5)c4c3)n2)cc1. The van der Waals surface area contributed by atoms with Gasteiger partial charge in [-0.15, -0.1) is 0 Å². The van der Waals surface area contributed by atoms with Crippen LogP contribution in [0.4, 0.5) is 0 Å². The van der Waals surface area contributed by atoms with Crippen molar-refractivity contribution in [2.45, 2.75) is 5.41 Å². The van der Waals surface area contributed by atoms with Crippen LogP contribution in [-0.2, 0) is 5.41 Å². The Morgan fingerprint density at radius 1 is 0.253 bits per heavy atom. The molecule has 0 saturated heterocycles. The first-order valence-corrected chi connectivity index (χ1v) is 25.7. The van der Waals surface area contributed by atoms with Gasteiger partial charge in [0.15, 0.2) is 17.5 Å². The molecule has 0 N–H and O–H groups in total. The van der Waals surface area contributed by atoms with E-state index in [1.807, 2.05) is 6.07 Å². The van der Waals surface area contributed by atoms with E-state index in [4.69, 9.17) is 15.0 Å². The van der Waals surface area contributed by atoms with Crippen molar-refractivity contribution in [1.82, 2.24) is 24.1 Å². The van der Waals surface area contributed by atoms with E-state index >= 15 is 0 Å². The largest absolute Gasteiger partial charge is 0.309 e. The van der Waals surface area contributed by atoms with Crippen LogP contribution in [0.25, 0.3) is 123 Å². The Morgan fingerprint density at radius 2 is 0.707 bits per heavy atom. The summed E-state index contributed by atoms with van der Waals surface area (Å²) < 4.78 is 4.77. The minimum absolute atomic E-state index is 0.507. The highest BCUT2D eigenvalue weighted by Crippen LogP contribution is 2.63. The van der Waals surface area contributed by atoms with Gasteiger partial charge in [-0.1, -0.05) is 194 Å². The zero-order valence-electron chi connectivity index (χ0n) is 40.6. The van der Waals surface area contributed by atoms with Crippen molar-refractivity contribution in [3.8, 4) is 78.9 Å². The van der Waals surface area contributed by atoms with Gasteiger partial charge in [0.25, 0.3) is 0 Å². The maximum Gasteiger partial charge on any atom is 0.164 e. The summed E-state index contributed by atoms with van der Waals surface area (Å²) in [6.07, 6.45) is 0. The van der Waals surface area contributed by atoms with E-state index < -0.39 is 5.41 Å². The quantitative estimate of drug-likeness (QED) is 0.167. The van der Waals surface area contributed by atoms with Crippen LogP contribution in [0.1, 0.15) is 22.3 Å². The number of fused-ring (bicyclic) bond motifs is 16. The van der Waals surface area contributed by atoms with Crippen LogP contribution < -0.4 is 0 Å². The maximum absolute atomic E-state index is 5.57. The van der Waals surface area contributed by atoms with Crippen LogP contribution in [0, 0.1) is 0 Å². The van der Waals surface area contributed by atoms with Crippen LogP contribution in [0.2, 0.25) is 0 Å². The van der Waals surface area contributed by atoms with Gasteiger partial charge >= 0.3 is 0 Å². The lowest BCUT2D eigenvalue weighted by Crippen LogP contribution is -2.25. The van der Waals surface area contributed by atoms with Crippen LogP contribution in [0.3, 0.4) is 0 Å². The smallest absolute Gasteiger partial charge is 0.164 e. The molecule has 0 unspecified atom stereocenters. The molecular weight excluding hydrogens is 911 g/mol. The highest BCUT2D eigenvalue weighted by Gasteiger charge is 2.51. The molecule has 0 fully saturated rings. The summed E-state index contributed by atoms with van der Waals surface area (Å²) in [5.41, 5.74) is 21.4. The number of hydrogen-bond donors (Lipinski definition) is 0. The van der Waals surface area contributed by atoms with E-state index in [0.29, 0.717) is 17.5 Å². The van der Waals surface area contributed by atoms with Gasteiger partial charge in [0.1, 0.15) is 0 Å². The normalized spacial score (nSPS) is 12.9. The molecule has 0 aliphatic heterocycles. The predicted octanol–water partition coefficient (Wildman–Crippen LogP) is 17.1. The number of rotatable bonds is 6. The van der Waals surface area contributed by atoms with Gasteiger partial charge in [-0.3, -0.25) is 0 Å². The summed E-state index contributed by atoms with van der Waals surface area (Å²) >= 11 is 0. The Morgan fingerprint density at radius 3 is 1.33 bits per heavy atom. The minimum Gasteiger partial charge on any atom is -0.309 e. The van der Waals surface area contributed by atoms with Crippen molar-refractivity contribution in [3.63, 3.8) is 0 Å². The molecule has 1 spiro atoms. The van der Waals surface area contributed by atoms with Gasteiger partial charge in [-0.2, -0.15) is 0 Å². The summed E-state index contributed by atoms with van der Waals surface area (Å²) in [4.78, 5) is 16.4. The third kappa shape index (κ3) is 5.98. The lowest BCUT2D eigenvalue weighted by atomic mass is 9.70. The fraction of sp³-hybridized carbons (Fsp3) is 0.0143. The maximum atomic E-state index is 5.57. The second-order valence-electron chi connectivity index (χ2n) is 19.8. The van der Waals surface area contributed by atoms with E-state index in [-0.39, 0.29) is 0 Å². The van der Waals surface area contributed by atoms with E-state index in [1.165, 1.54) is 71.6 Å². The highest BCUT2D eigenvalue weighted by molar-refractivity contribution is 6.18. The van der Waals surface area contributed by atoms with Gasteiger partial charge in [0.05, 0.1) is 27.5 Å². The molecule has 3 heterocycles. The van der Waals surface area contributed by atoms with Crippen molar-refractivity contribution in [1.29, 1.82) is 0 Å². The lowest BCUT2D eigenvalue weighted by Gasteiger charge is -2.30. The molecule has 348 valence electrons. The Kier molecular flexibility index (Phi) is 8.89. The molecule has 75 heavy (non-hydrogen) atoms. The molecule has 2 aliphatic rings. The van der Waals surface area contributed by atoms with E-state index in [9.17, 15) is 0 Å². The average molecular weight is 954 g/mol. The van der Waals surface area contributed by atoms with Crippen LogP contribution in [-0.4, -0.2) is 24.1 Å². The van der Waals surface area contributed by atoms with E-state index in [2.05, 4.69) is 264 Å². The molecule has 0 bridgehead atoms. The van der Waals surface area contributed by atoms with Crippen molar-refractivity contribution in [2.24, 2.45) is 0 Å². The first kappa shape index (κ1) is 41.6. The Labute approximate surface area is 433 Å². The topological polar surface area (TPSA) is 48.5 Å². The van der Waals surface area contributed by atoms with E-state index in [1.54, 1.807) is 0 Å². The Hall–Kier alpha value is -9.97. The average Bonchev–Trinajstić information content (AvgIpc) is 4.20. The molecule has 14 aromatic rings. The first-order chi connectivity index (χ1) is 37.2. The fourth-order valence-corrected chi connectivity index (χ4v) is 12.9. The predicted molar refractivity (Wildman–Crippen MR) is 307 cm³/mol. The molecule has 3 aromatic heterocycles. The van der Waals surface area contributed by atoms with Gasteiger partial charge < -0.3 is 9.13 Å². The Balaban J connectivity index is 0.962. The first-order valence-electron chi connectivity index (χ1n) is 25.7. The van der Waals surface area contributed by atoms with Gasteiger partial charge in [-0.05, 0) is 122 Å². The molecular formula is C70H43N5. The zero-order chi connectivity index (χ0) is 49.2. The summed E-state index contributed by atoms with van der Waals surface area (Å²) in [7, 11) is 0. The standard InChI is InChI=1S/C70H43N5/c1-4-20-44(21-5-1)67-71-68(46-36-38-53-52-28-12-17-33-60(52)70(61(53)42-46)58-31-15-10-26-50(58)51-27-11-16-32-59(51)70)73-69(72-67)47-41-56(66-55-30-14-19-35-63(55)75(65(66)43-47)49-24-8-3-9-25-49)45-37-39-64-57(40-45)54-29-13-18-34-62(54)74(64)48-22-6-2-7-23-48/h1-43H. The van der Waals surface area contributed by atoms with Gasteiger partial charge in [-0.25, -0.2) is 15.0 Å². The summed E-state index contributed by atoms with van der Waals surface area (Å²) in [6.45, 7) is 0. The number of nitrogens with zero attached hydrogens (tertiary/aromatic N) is 5. The Bertz CT molecular complexity index is 4580. The molecule has 5 heteroatoms. The third-order valence-corrected chi connectivity index (χ3v) is 16.0. The van der Waals surface area contributed by atoms with Crippen molar-refractivity contribution >= 4 is 43.6 Å². The number of benzene rings is 11. The number of para-hydroxylation sites is 4. The molecule has 5 nitrogen and oxygen atoms in total. The van der Waals surface area contributed by atoms with Gasteiger partial charge in [0.2, 0.25) is 0 Å². The molecule has 0 atom stereocenters.